The molecular formula is C17H14N2O2. The Morgan fingerprint density at radius 3 is 2.67 bits per heavy atom. The first kappa shape index (κ1) is 13.1. The molecule has 0 radical (unpaired) electrons. The molecule has 0 aliphatic carbocycles. The molecule has 1 aliphatic heterocycles. The average molecular weight is 278 g/mol. The zero-order chi connectivity index (χ0) is 14.7. The van der Waals surface area contributed by atoms with E-state index < -0.39 is 0 Å². The van der Waals surface area contributed by atoms with Crippen molar-refractivity contribution in [3.8, 4) is 5.75 Å². The van der Waals surface area contributed by atoms with Gasteiger partial charge in [-0.1, -0.05) is 30.3 Å². The number of anilines is 1. The Bertz CT molecular complexity index is 733. The van der Waals surface area contributed by atoms with Gasteiger partial charge in [0.2, 0.25) is 0 Å². The number of phenolic OH excluding ortho intramolecular Hbond substituents is 1. The predicted molar refractivity (Wildman–Crippen MR) is 83.2 cm³/mol. The highest BCUT2D eigenvalue weighted by atomic mass is 16.3. The van der Waals surface area contributed by atoms with Crippen LogP contribution in [0.15, 0.2) is 65.3 Å². The van der Waals surface area contributed by atoms with Gasteiger partial charge >= 0.3 is 0 Å². The maximum atomic E-state index is 12.3. The summed E-state index contributed by atoms with van der Waals surface area (Å²) in [7, 11) is 0. The van der Waals surface area contributed by atoms with Crippen molar-refractivity contribution in [1.82, 2.24) is 0 Å². The van der Waals surface area contributed by atoms with Crippen LogP contribution in [0, 0.1) is 0 Å². The fourth-order valence-corrected chi connectivity index (χ4v) is 2.26. The molecule has 2 aromatic carbocycles. The van der Waals surface area contributed by atoms with E-state index in [1.165, 1.54) is 0 Å². The molecule has 2 aromatic rings. The van der Waals surface area contributed by atoms with Gasteiger partial charge in [0, 0.05) is 18.3 Å². The third kappa shape index (κ3) is 2.84. The fourth-order valence-electron chi connectivity index (χ4n) is 2.26. The Morgan fingerprint density at radius 1 is 1.10 bits per heavy atom. The van der Waals surface area contributed by atoms with E-state index in [-0.39, 0.29) is 11.7 Å². The van der Waals surface area contributed by atoms with Crippen molar-refractivity contribution >= 4 is 23.4 Å². The molecule has 4 nitrogen and oxygen atoms in total. The van der Waals surface area contributed by atoms with Gasteiger partial charge in [0.1, 0.15) is 11.4 Å². The van der Waals surface area contributed by atoms with Gasteiger partial charge in [-0.05, 0) is 35.4 Å². The number of allylic oxidation sites excluding steroid dienone is 1. The van der Waals surface area contributed by atoms with E-state index in [0.717, 1.165) is 16.8 Å². The number of benzene rings is 2. The number of rotatable bonds is 3. The molecule has 0 spiro atoms. The highest BCUT2D eigenvalue weighted by Crippen LogP contribution is 2.29. The number of amides is 1. The highest BCUT2D eigenvalue weighted by Gasteiger charge is 2.19. The lowest BCUT2D eigenvalue weighted by Crippen LogP contribution is -2.13. The Hall–Kier alpha value is -2.88. The first-order chi connectivity index (χ1) is 10.2. The normalized spacial score (nSPS) is 13.5. The Balaban J connectivity index is 1.90. The summed E-state index contributed by atoms with van der Waals surface area (Å²) in [4.78, 5) is 16.5. The minimum Gasteiger partial charge on any atom is -0.508 e. The van der Waals surface area contributed by atoms with Crippen LogP contribution in [0.1, 0.15) is 12.0 Å². The van der Waals surface area contributed by atoms with E-state index in [4.69, 9.17) is 0 Å². The lowest BCUT2D eigenvalue weighted by molar-refractivity contribution is -0.112. The van der Waals surface area contributed by atoms with Crippen LogP contribution in [-0.2, 0) is 4.79 Å². The first-order valence-corrected chi connectivity index (χ1v) is 6.65. The van der Waals surface area contributed by atoms with Gasteiger partial charge in [0.25, 0.3) is 5.91 Å². The van der Waals surface area contributed by atoms with Crippen LogP contribution >= 0.6 is 0 Å². The molecule has 2 N–H and O–H groups in total. The van der Waals surface area contributed by atoms with Gasteiger partial charge in [0.05, 0.1) is 0 Å². The molecule has 1 heterocycles. The molecule has 21 heavy (non-hydrogen) atoms. The van der Waals surface area contributed by atoms with Crippen LogP contribution < -0.4 is 5.32 Å². The van der Waals surface area contributed by atoms with Gasteiger partial charge in [-0.15, -0.1) is 0 Å². The number of nitrogens with one attached hydrogen (secondary N) is 1. The topological polar surface area (TPSA) is 61.7 Å². The number of aliphatic imine (C=N–C) groups is 1. The Labute approximate surface area is 122 Å². The van der Waals surface area contributed by atoms with E-state index >= 15 is 0 Å². The molecule has 0 saturated carbocycles. The van der Waals surface area contributed by atoms with E-state index in [2.05, 4.69) is 10.3 Å². The summed E-state index contributed by atoms with van der Waals surface area (Å²) in [6.07, 6.45) is 2.29. The van der Waals surface area contributed by atoms with Crippen molar-refractivity contribution in [3.05, 3.63) is 65.9 Å². The van der Waals surface area contributed by atoms with Crippen LogP contribution in [-0.4, -0.2) is 17.2 Å². The van der Waals surface area contributed by atoms with E-state index in [1.807, 2.05) is 36.4 Å². The smallest absolute Gasteiger partial charge is 0.274 e. The fraction of sp³-hybridized carbons (Fsp3) is 0.0588. The second kappa shape index (κ2) is 5.63. The van der Waals surface area contributed by atoms with Crippen molar-refractivity contribution < 1.29 is 9.90 Å². The molecular weight excluding hydrogens is 264 g/mol. The molecule has 0 aromatic heterocycles. The summed E-state index contributed by atoms with van der Waals surface area (Å²) in [6.45, 7) is 0. The lowest BCUT2D eigenvalue weighted by Gasteiger charge is -2.08. The SMILES string of the molecule is O=C(Nc1ccccc1)C1=C(c2cccc(O)c2)CC=N1. The molecule has 0 saturated heterocycles. The van der Waals surface area contributed by atoms with Crippen molar-refractivity contribution in [3.63, 3.8) is 0 Å². The van der Waals surface area contributed by atoms with Crippen molar-refractivity contribution in [2.45, 2.75) is 6.42 Å². The monoisotopic (exact) mass is 278 g/mol. The third-order valence-corrected chi connectivity index (χ3v) is 3.24. The van der Waals surface area contributed by atoms with Gasteiger partial charge in [-0.2, -0.15) is 0 Å². The zero-order valence-electron chi connectivity index (χ0n) is 11.3. The third-order valence-electron chi connectivity index (χ3n) is 3.24. The number of para-hydroxylation sites is 1. The summed E-state index contributed by atoms with van der Waals surface area (Å²) in [5.41, 5.74) is 2.75. The molecule has 1 aliphatic rings. The number of hydrogen-bond donors (Lipinski definition) is 2. The van der Waals surface area contributed by atoms with Crippen molar-refractivity contribution in [2.75, 3.05) is 5.32 Å². The van der Waals surface area contributed by atoms with Gasteiger partial charge in [0.15, 0.2) is 0 Å². The summed E-state index contributed by atoms with van der Waals surface area (Å²) in [6, 6.07) is 16.1. The molecule has 0 unspecified atom stereocenters. The standard InChI is InChI=1S/C17H14N2O2/c20-14-8-4-5-12(11-14)15-9-10-18-16(15)17(21)19-13-6-2-1-3-7-13/h1-8,10-11,20H,9H2,(H,19,21). The van der Waals surface area contributed by atoms with Crippen LogP contribution in [0.2, 0.25) is 0 Å². The lowest BCUT2D eigenvalue weighted by atomic mass is 10.0. The largest absolute Gasteiger partial charge is 0.508 e. The molecule has 104 valence electrons. The Morgan fingerprint density at radius 2 is 1.90 bits per heavy atom. The molecule has 3 rings (SSSR count). The molecule has 0 atom stereocenters. The number of carbonyl (C=O) groups excluding carboxylic acids is 1. The minimum atomic E-state index is -0.242. The quantitative estimate of drug-likeness (QED) is 0.905. The maximum absolute atomic E-state index is 12.3. The van der Waals surface area contributed by atoms with Gasteiger partial charge < -0.3 is 10.4 Å². The summed E-state index contributed by atoms with van der Waals surface area (Å²) >= 11 is 0. The molecule has 4 heteroatoms. The molecule has 0 bridgehead atoms. The summed E-state index contributed by atoms with van der Waals surface area (Å²) < 4.78 is 0. The molecule has 1 amide bonds. The van der Waals surface area contributed by atoms with Crippen LogP contribution in [0.25, 0.3) is 5.57 Å². The van der Waals surface area contributed by atoms with E-state index in [9.17, 15) is 9.90 Å². The second-order valence-electron chi connectivity index (χ2n) is 4.71. The number of nitrogens with zero attached hydrogens (tertiary/aromatic N) is 1. The predicted octanol–water partition coefficient (Wildman–Crippen LogP) is 3.22. The van der Waals surface area contributed by atoms with Gasteiger partial charge in [-0.25, -0.2) is 0 Å². The summed E-state index contributed by atoms with van der Waals surface area (Å²) in [5.74, 6) is -0.0667. The van der Waals surface area contributed by atoms with Crippen molar-refractivity contribution in [1.29, 1.82) is 0 Å². The second-order valence-corrected chi connectivity index (χ2v) is 4.71. The number of carbonyl (C=O) groups is 1. The number of phenols is 1. The van der Waals surface area contributed by atoms with Crippen LogP contribution in [0.3, 0.4) is 0 Å². The summed E-state index contributed by atoms with van der Waals surface area (Å²) in [5, 5.41) is 12.4. The Kier molecular flexibility index (Phi) is 3.51. The van der Waals surface area contributed by atoms with Crippen molar-refractivity contribution in [2.24, 2.45) is 4.99 Å². The molecule has 0 fully saturated rings. The van der Waals surface area contributed by atoms with E-state index in [1.54, 1.807) is 24.4 Å². The first-order valence-electron chi connectivity index (χ1n) is 6.65. The minimum absolute atomic E-state index is 0.176. The zero-order valence-corrected chi connectivity index (χ0v) is 11.3. The van der Waals surface area contributed by atoms with E-state index in [0.29, 0.717) is 12.1 Å². The van der Waals surface area contributed by atoms with Gasteiger partial charge in [-0.3, -0.25) is 9.79 Å². The van der Waals surface area contributed by atoms with Crippen LogP contribution in [0.4, 0.5) is 5.69 Å². The maximum Gasteiger partial charge on any atom is 0.274 e. The highest BCUT2D eigenvalue weighted by molar-refractivity contribution is 6.12. The van der Waals surface area contributed by atoms with Crippen LogP contribution in [0.5, 0.6) is 5.75 Å². The number of aromatic hydroxyl groups is 1. The number of hydrogen-bond acceptors (Lipinski definition) is 3. The average Bonchev–Trinajstić information content (AvgIpc) is 2.98.